The lowest BCUT2D eigenvalue weighted by Crippen LogP contribution is -2.14. The van der Waals surface area contributed by atoms with Crippen molar-refractivity contribution in [2.45, 2.75) is 6.54 Å². The van der Waals surface area contributed by atoms with Crippen molar-refractivity contribution in [2.24, 2.45) is 0 Å². The van der Waals surface area contributed by atoms with Gasteiger partial charge in [0.05, 0.1) is 40.2 Å². The molecule has 0 aliphatic heterocycles. The van der Waals surface area contributed by atoms with Crippen molar-refractivity contribution in [3.63, 3.8) is 0 Å². The maximum Gasteiger partial charge on any atom is 0.353 e. The van der Waals surface area contributed by atoms with Gasteiger partial charge in [0.2, 0.25) is 0 Å². The lowest BCUT2D eigenvalue weighted by Gasteiger charge is -2.11. The zero-order valence-electron chi connectivity index (χ0n) is 17.1. The maximum atomic E-state index is 14.9. The number of carboxylic acid groups (broad SMARTS) is 2. The Kier molecular flexibility index (Phi) is 4.78. The van der Waals surface area contributed by atoms with Gasteiger partial charge in [-0.15, -0.1) is 0 Å². The Morgan fingerprint density at radius 3 is 2.53 bits per heavy atom. The van der Waals surface area contributed by atoms with Gasteiger partial charge in [-0.1, -0.05) is 0 Å². The largest absolute Gasteiger partial charge is 0.478 e. The molecule has 0 saturated carbocycles. The van der Waals surface area contributed by atoms with Crippen molar-refractivity contribution in [1.82, 2.24) is 9.55 Å². The van der Waals surface area contributed by atoms with Crippen LogP contribution in [-0.4, -0.2) is 31.7 Å². The average molecular weight is 464 g/mol. The third kappa shape index (κ3) is 3.15. The van der Waals surface area contributed by atoms with Crippen molar-refractivity contribution >= 4 is 33.8 Å². The van der Waals surface area contributed by atoms with Gasteiger partial charge in [0, 0.05) is 17.3 Å². The number of aromatic carboxylic acids is 2. The topological polar surface area (TPSA) is 126 Å². The molecule has 5 rings (SSSR count). The van der Waals surface area contributed by atoms with E-state index in [9.17, 15) is 33.4 Å². The predicted octanol–water partition coefficient (Wildman–Crippen LogP) is 4.47. The highest BCUT2D eigenvalue weighted by Crippen LogP contribution is 2.40. The summed E-state index contributed by atoms with van der Waals surface area (Å²) >= 11 is 0. The number of nitrogens with zero attached hydrogens (tertiary/aromatic N) is 1. The van der Waals surface area contributed by atoms with Crippen LogP contribution < -0.4 is 5.56 Å². The van der Waals surface area contributed by atoms with E-state index in [2.05, 4.69) is 4.98 Å². The molecule has 0 radical (unpaired) electrons. The summed E-state index contributed by atoms with van der Waals surface area (Å²) in [5.74, 6) is -4.23. The first-order valence-electron chi connectivity index (χ1n) is 9.93. The first-order chi connectivity index (χ1) is 16.3. The van der Waals surface area contributed by atoms with Crippen LogP contribution in [0.1, 0.15) is 26.4 Å². The molecule has 2 aromatic carbocycles. The second-order valence-corrected chi connectivity index (χ2v) is 7.56. The molecule has 0 aliphatic carbocycles. The number of fused-ring (bicyclic) bond motifs is 3. The Labute approximate surface area is 188 Å². The first kappa shape index (κ1) is 21.1. The molecule has 3 heterocycles. The number of hydrogen-bond donors (Lipinski definition) is 3. The number of halogens is 2. The Balaban J connectivity index is 1.92. The summed E-state index contributed by atoms with van der Waals surface area (Å²) in [6.45, 7) is -0.443. The summed E-state index contributed by atoms with van der Waals surface area (Å²) in [4.78, 5) is 38.9. The third-order valence-electron chi connectivity index (χ3n) is 5.63. The average Bonchev–Trinajstić information content (AvgIpc) is 3.39. The number of aromatic nitrogens is 2. The highest BCUT2D eigenvalue weighted by molar-refractivity contribution is 6.17. The standard InChI is InChI=1S/C24H14F2N2O6/c25-15-4-3-11(23(30)31)8-12(15)10-28-17-9-16(26)13-5-7-34-21(13)19(17)18(20(28)24(32)33)14-2-1-6-27-22(14)29/h1-9H,10H2,(H,27,29)(H,30,31)(H,32,33). The SMILES string of the molecule is O=C(O)c1ccc(F)c(Cn2c(C(=O)O)c(-c3ccc[nH]c3=O)c3c4occc4c(F)cc32)c1. The minimum absolute atomic E-state index is 0.00674. The van der Waals surface area contributed by atoms with Crippen molar-refractivity contribution in [1.29, 1.82) is 0 Å². The van der Waals surface area contributed by atoms with Gasteiger partial charge in [-0.3, -0.25) is 4.79 Å². The second-order valence-electron chi connectivity index (χ2n) is 7.56. The summed E-state index contributed by atoms with van der Waals surface area (Å²) in [5.41, 5.74) is -1.31. The molecule has 0 saturated heterocycles. The number of H-pyrrole nitrogens is 1. The van der Waals surface area contributed by atoms with Gasteiger partial charge < -0.3 is 24.2 Å². The number of nitrogens with one attached hydrogen (secondary N) is 1. The third-order valence-corrected chi connectivity index (χ3v) is 5.63. The number of pyridine rings is 1. The molecular formula is C24H14F2N2O6. The van der Waals surface area contributed by atoms with Crippen LogP contribution in [0.25, 0.3) is 33.0 Å². The second kappa shape index (κ2) is 7.69. The fourth-order valence-corrected chi connectivity index (χ4v) is 4.17. The number of aromatic amines is 1. The Bertz CT molecular complexity index is 1700. The summed E-state index contributed by atoms with van der Waals surface area (Å²) in [6, 6.07) is 8.48. The molecule has 3 N–H and O–H groups in total. The van der Waals surface area contributed by atoms with E-state index in [4.69, 9.17) is 4.42 Å². The van der Waals surface area contributed by atoms with E-state index in [1.165, 1.54) is 30.7 Å². The summed E-state index contributed by atoms with van der Waals surface area (Å²) < 4.78 is 36.1. The van der Waals surface area contributed by atoms with E-state index in [-0.39, 0.29) is 44.1 Å². The van der Waals surface area contributed by atoms with Crippen molar-refractivity contribution in [2.75, 3.05) is 0 Å². The Morgan fingerprint density at radius 2 is 1.82 bits per heavy atom. The van der Waals surface area contributed by atoms with Gasteiger partial charge in [0.15, 0.2) is 0 Å². The number of rotatable bonds is 5. The highest BCUT2D eigenvalue weighted by Gasteiger charge is 2.29. The summed E-state index contributed by atoms with van der Waals surface area (Å²) in [6.07, 6.45) is 2.61. The molecule has 3 aromatic heterocycles. The minimum Gasteiger partial charge on any atom is -0.478 e. The zero-order chi connectivity index (χ0) is 24.1. The fourth-order valence-electron chi connectivity index (χ4n) is 4.17. The minimum atomic E-state index is -1.45. The monoisotopic (exact) mass is 464 g/mol. The van der Waals surface area contributed by atoms with Gasteiger partial charge in [0.25, 0.3) is 5.56 Å². The molecule has 170 valence electrons. The van der Waals surface area contributed by atoms with E-state index in [1.807, 2.05) is 0 Å². The molecular weight excluding hydrogens is 450 g/mol. The van der Waals surface area contributed by atoms with E-state index < -0.39 is 41.4 Å². The van der Waals surface area contributed by atoms with Gasteiger partial charge in [-0.25, -0.2) is 18.4 Å². The van der Waals surface area contributed by atoms with Gasteiger partial charge >= 0.3 is 11.9 Å². The molecule has 0 fully saturated rings. The van der Waals surface area contributed by atoms with Crippen molar-refractivity contribution < 1.29 is 33.0 Å². The van der Waals surface area contributed by atoms with E-state index in [1.54, 1.807) is 0 Å². The highest BCUT2D eigenvalue weighted by atomic mass is 19.1. The van der Waals surface area contributed by atoms with Crippen LogP contribution in [0.4, 0.5) is 8.78 Å². The van der Waals surface area contributed by atoms with E-state index in [0.717, 1.165) is 28.8 Å². The van der Waals surface area contributed by atoms with E-state index in [0.29, 0.717) is 0 Å². The molecule has 0 spiro atoms. The van der Waals surface area contributed by atoms with Crippen LogP contribution in [0.15, 0.2) is 64.1 Å². The molecule has 0 unspecified atom stereocenters. The molecule has 5 aromatic rings. The molecule has 0 atom stereocenters. The number of carboxylic acids is 2. The summed E-state index contributed by atoms with van der Waals surface area (Å²) in [5, 5.41) is 19.6. The van der Waals surface area contributed by atoms with Crippen LogP contribution in [0.2, 0.25) is 0 Å². The van der Waals surface area contributed by atoms with Crippen LogP contribution in [0.5, 0.6) is 0 Å². The number of furan rings is 1. The van der Waals surface area contributed by atoms with Gasteiger partial charge in [-0.05, 0) is 42.5 Å². The quantitative estimate of drug-likeness (QED) is 0.353. The zero-order valence-corrected chi connectivity index (χ0v) is 17.1. The smallest absolute Gasteiger partial charge is 0.353 e. The lowest BCUT2D eigenvalue weighted by molar-refractivity contribution is 0.0679. The number of carbonyl (C=O) groups is 2. The van der Waals surface area contributed by atoms with Crippen LogP contribution in [0, 0.1) is 11.6 Å². The molecule has 0 bridgehead atoms. The van der Waals surface area contributed by atoms with Crippen LogP contribution in [0.3, 0.4) is 0 Å². The molecule has 8 nitrogen and oxygen atoms in total. The van der Waals surface area contributed by atoms with E-state index >= 15 is 0 Å². The fraction of sp³-hybridized carbons (Fsp3) is 0.0417. The van der Waals surface area contributed by atoms with Crippen molar-refractivity contribution in [3.8, 4) is 11.1 Å². The summed E-state index contributed by atoms with van der Waals surface area (Å²) in [7, 11) is 0. The molecule has 34 heavy (non-hydrogen) atoms. The first-order valence-corrected chi connectivity index (χ1v) is 9.93. The lowest BCUT2D eigenvalue weighted by atomic mass is 10.0. The normalized spacial score (nSPS) is 11.4. The molecule has 0 aliphatic rings. The number of hydrogen-bond acceptors (Lipinski definition) is 4. The van der Waals surface area contributed by atoms with Crippen LogP contribution >= 0.6 is 0 Å². The number of benzene rings is 2. The van der Waals surface area contributed by atoms with Gasteiger partial charge in [-0.2, -0.15) is 0 Å². The Morgan fingerprint density at radius 1 is 1.03 bits per heavy atom. The van der Waals surface area contributed by atoms with Crippen molar-refractivity contribution in [3.05, 3.63) is 93.7 Å². The Hall–Kier alpha value is -4.73. The predicted molar refractivity (Wildman–Crippen MR) is 117 cm³/mol. The molecule has 10 heteroatoms. The van der Waals surface area contributed by atoms with Crippen LogP contribution in [-0.2, 0) is 6.54 Å². The maximum absolute atomic E-state index is 14.9. The molecule has 0 amide bonds. The van der Waals surface area contributed by atoms with Gasteiger partial charge in [0.1, 0.15) is 22.9 Å².